The van der Waals surface area contributed by atoms with Gasteiger partial charge in [-0.25, -0.2) is 0 Å². The molecule has 0 atom stereocenters. The van der Waals surface area contributed by atoms with Crippen molar-refractivity contribution in [1.29, 1.82) is 0 Å². The number of anilines is 2. The number of aromatic nitrogens is 2. The summed E-state index contributed by atoms with van der Waals surface area (Å²) in [6, 6.07) is 5.47. The van der Waals surface area contributed by atoms with Gasteiger partial charge < -0.3 is 15.6 Å². The molecule has 0 saturated carbocycles. The van der Waals surface area contributed by atoms with Crippen LogP contribution < -0.4 is 11.1 Å². The molecule has 1 amide bonds. The summed E-state index contributed by atoms with van der Waals surface area (Å²) in [5.74, 6) is 1.29. The Morgan fingerprint density at radius 2 is 2.18 bits per heavy atom. The van der Waals surface area contributed by atoms with Crippen LogP contribution in [0.25, 0.3) is 0 Å². The zero-order chi connectivity index (χ0) is 15.9. The lowest BCUT2D eigenvalue weighted by molar-refractivity contribution is -0.116. The third-order valence-electron chi connectivity index (χ3n) is 3.31. The number of carbonyl (C=O) groups is 1. The summed E-state index contributed by atoms with van der Waals surface area (Å²) >= 11 is 0. The molecule has 0 saturated heterocycles. The number of hydrogen-bond acceptors (Lipinski definition) is 5. The molecule has 3 N–H and O–H groups in total. The van der Waals surface area contributed by atoms with Gasteiger partial charge in [-0.05, 0) is 37.5 Å². The Balaban J connectivity index is 1.78. The smallest absolute Gasteiger partial charge is 0.226 e. The topological polar surface area (TPSA) is 94.0 Å². The maximum Gasteiger partial charge on any atom is 0.226 e. The number of benzene rings is 1. The molecule has 118 valence electrons. The van der Waals surface area contributed by atoms with E-state index in [1.165, 1.54) is 0 Å². The van der Waals surface area contributed by atoms with Crippen molar-refractivity contribution >= 4 is 17.3 Å². The largest absolute Gasteiger partial charge is 0.399 e. The minimum Gasteiger partial charge on any atom is -0.399 e. The zero-order valence-corrected chi connectivity index (χ0v) is 13.1. The number of hydrogen-bond donors (Lipinski definition) is 2. The first kappa shape index (κ1) is 16.0. The highest BCUT2D eigenvalue weighted by atomic mass is 16.5. The Morgan fingerprint density at radius 1 is 1.36 bits per heavy atom. The van der Waals surface area contributed by atoms with Gasteiger partial charge in [-0.2, -0.15) is 4.98 Å². The molecule has 1 aromatic heterocycles. The summed E-state index contributed by atoms with van der Waals surface area (Å²) in [5.41, 5.74) is 8.11. The lowest BCUT2D eigenvalue weighted by Gasteiger charge is -2.08. The third kappa shape index (κ3) is 4.58. The highest BCUT2D eigenvalue weighted by Crippen LogP contribution is 2.18. The summed E-state index contributed by atoms with van der Waals surface area (Å²) in [6.07, 6.45) is 3.49. The standard InChI is InChI=1S/C16H22N4O2/c1-3-5-14-19-16(22-20-14)7-4-6-15(21)18-13-10-12(17)9-8-11(13)2/h8-10H,3-7,17H2,1-2H3,(H,18,21). The molecule has 6 nitrogen and oxygen atoms in total. The average molecular weight is 302 g/mol. The van der Waals surface area contributed by atoms with E-state index in [1.54, 1.807) is 6.07 Å². The Hall–Kier alpha value is -2.37. The van der Waals surface area contributed by atoms with Gasteiger partial charge in [-0.1, -0.05) is 18.1 Å². The van der Waals surface area contributed by atoms with Crippen molar-refractivity contribution in [2.45, 2.75) is 46.0 Å². The minimum absolute atomic E-state index is 0.0398. The third-order valence-corrected chi connectivity index (χ3v) is 3.31. The summed E-state index contributed by atoms with van der Waals surface area (Å²) in [7, 11) is 0. The van der Waals surface area contributed by atoms with Crippen molar-refractivity contribution in [2.24, 2.45) is 0 Å². The van der Waals surface area contributed by atoms with Gasteiger partial charge in [0, 0.05) is 30.6 Å². The van der Waals surface area contributed by atoms with Crippen LogP contribution in [0.5, 0.6) is 0 Å². The molecular formula is C16H22N4O2. The van der Waals surface area contributed by atoms with Crippen molar-refractivity contribution in [3.63, 3.8) is 0 Å². The highest BCUT2D eigenvalue weighted by molar-refractivity contribution is 5.91. The van der Waals surface area contributed by atoms with Crippen LogP contribution in [0.4, 0.5) is 11.4 Å². The maximum atomic E-state index is 12.0. The predicted molar refractivity (Wildman–Crippen MR) is 85.5 cm³/mol. The fourth-order valence-electron chi connectivity index (χ4n) is 2.10. The first-order chi connectivity index (χ1) is 10.6. The summed E-state index contributed by atoms with van der Waals surface area (Å²) in [6.45, 7) is 4.00. The fraction of sp³-hybridized carbons (Fsp3) is 0.438. The molecule has 0 spiro atoms. The predicted octanol–water partition coefficient (Wildman–Crippen LogP) is 2.87. The Bertz CT molecular complexity index is 637. The fourth-order valence-corrected chi connectivity index (χ4v) is 2.10. The molecule has 0 bridgehead atoms. The van der Waals surface area contributed by atoms with Crippen LogP contribution in [-0.2, 0) is 17.6 Å². The van der Waals surface area contributed by atoms with E-state index in [0.717, 1.165) is 29.9 Å². The monoisotopic (exact) mass is 302 g/mol. The molecule has 0 aliphatic carbocycles. The van der Waals surface area contributed by atoms with Crippen LogP contribution in [0.1, 0.15) is 43.5 Å². The van der Waals surface area contributed by atoms with E-state index in [0.29, 0.717) is 30.8 Å². The van der Waals surface area contributed by atoms with Crippen LogP contribution in [0.3, 0.4) is 0 Å². The van der Waals surface area contributed by atoms with Gasteiger partial charge in [0.25, 0.3) is 0 Å². The van der Waals surface area contributed by atoms with E-state index in [4.69, 9.17) is 10.3 Å². The van der Waals surface area contributed by atoms with Crippen molar-refractivity contribution in [2.75, 3.05) is 11.1 Å². The molecule has 6 heteroatoms. The van der Waals surface area contributed by atoms with Gasteiger partial charge in [0.2, 0.25) is 11.8 Å². The highest BCUT2D eigenvalue weighted by Gasteiger charge is 2.08. The average Bonchev–Trinajstić information content (AvgIpc) is 2.91. The molecule has 0 radical (unpaired) electrons. The van der Waals surface area contributed by atoms with Gasteiger partial charge in [0.15, 0.2) is 5.82 Å². The first-order valence-corrected chi connectivity index (χ1v) is 7.56. The molecular weight excluding hydrogens is 280 g/mol. The maximum absolute atomic E-state index is 12.0. The molecule has 2 aromatic rings. The molecule has 0 aliphatic heterocycles. The second kappa shape index (κ2) is 7.59. The Kier molecular flexibility index (Phi) is 5.52. The van der Waals surface area contributed by atoms with Crippen LogP contribution in [0.2, 0.25) is 0 Å². The second-order valence-electron chi connectivity index (χ2n) is 5.33. The lowest BCUT2D eigenvalue weighted by Crippen LogP contribution is -2.12. The molecule has 1 aromatic carbocycles. The van der Waals surface area contributed by atoms with Gasteiger partial charge in [-0.15, -0.1) is 0 Å². The van der Waals surface area contributed by atoms with E-state index < -0.39 is 0 Å². The molecule has 0 unspecified atom stereocenters. The zero-order valence-electron chi connectivity index (χ0n) is 13.1. The molecule has 0 aliphatic rings. The van der Waals surface area contributed by atoms with E-state index in [2.05, 4.69) is 22.4 Å². The van der Waals surface area contributed by atoms with Crippen molar-refractivity contribution in [3.05, 3.63) is 35.5 Å². The lowest BCUT2D eigenvalue weighted by atomic mass is 10.1. The second-order valence-corrected chi connectivity index (χ2v) is 5.33. The van der Waals surface area contributed by atoms with Gasteiger partial charge >= 0.3 is 0 Å². The molecule has 0 fully saturated rings. The summed E-state index contributed by atoms with van der Waals surface area (Å²) in [5, 5.41) is 6.77. The number of rotatable bonds is 7. The van der Waals surface area contributed by atoms with Crippen molar-refractivity contribution < 1.29 is 9.32 Å². The normalized spacial score (nSPS) is 10.6. The number of aryl methyl sites for hydroxylation is 3. The molecule has 1 heterocycles. The first-order valence-electron chi connectivity index (χ1n) is 7.56. The molecule has 22 heavy (non-hydrogen) atoms. The number of nitrogens with two attached hydrogens (primary N) is 1. The number of nitrogen functional groups attached to an aromatic ring is 1. The van der Waals surface area contributed by atoms with Crippen molar-refractivity contribution in [1.82, 2.24) is 10.1 Å². The van der Waals surface area contributed by atoms with Gasteiger partial charge in [-0.3, -0.25) is 4.79 Å². The van der Waals surface area contributed by atoms with E-state index in [-0.39, 0.29) is 5.91 Å². The summed E-state index contributed by atoms with van der Waals surface area (Å²) < 4.78 is 5.14. The number of nitrogens with one attached hydrogen (secondary N) is 1. The number of amides is 1. The van der Waals surface area contributed by atoms with Gasteiger partial charge in [0.05, 0.1) is 0 Å². The van der Waals surface area contributed by atoms with Crippen LogP contribution in [0, 0.1) is 6.92 Å². The summed E-state index contributed by atoms with van der Waals surface area (Å²) in [4.78, 5) is 16.2. The van der Waals surface area contributed by atoms with Crippen molar-refractivity contribution in [3.8, 4) is 0 Å². The molecule has 2 rings (SSSR count). The van der Waals surface area contributed by atoms with Crippen LogP contribution >= 0.6 is 0 Å². The quantitative estimate of drug-likeness (QED) is 0.767. The van der Waals surface area contributed by atoms with Crippen LogP contribution in [-0.4, -0.2) is 16.0 Å². The number of nitrogens with zero attached hydrogens (tertiary/aromatic N) is 2. The SMILES string of the molecule is CCCc1noc(CCCC(=O)Nc2cc(N)ccc2C)n1. The number of carbonyl (C=O) groups excluding carboxylic acids is 1. The van der Waals surface area contributed by atoms with E-state index in [1.807, 2.05) is 19.1 Å². The van der Waals surface area contributed by atoms with E-state index in [9.17, 15) is 4.79 Å². The Morgan fingerprint density at radius 3 is 2.95 bits per heavy atom. The van der Waals surface area contributed by atoms with E-state index >= 15 is 0 Å². The van der Waals surface area contributed by atoms with Gasteiger partial charge in [0.1, 0.15) is 0 Å². The van der Waals surface area contributed by atoms with Crippen LogP contribution in [0.15, 0.2) is 22.7 Å². The Labute approximate surface area is 130 Å². The minimum atomic E-state index is -0.0398.